The Balaban J connectivity index is 2.12. The maximum Gasteiger partial charge on any atom is 0.201 e. The number of anilines is 1. The summed E-state index contributed by atoms with van der Waals surface area (Å²) < 4.78 is 1.89. The molecule has 1 aromatic heterocycles. The van der Waals surface area contributed by atoms with Crippen molar-refractivity contribution in [3.05, 3.63) is 58.1 Å². The zero-order valence-electron chi connectivity index (χ0n) is 9.98. The highest BCUT2D eigenvalue weighted by Crippen LogP contribution is 2.26. The van der Waals surface area contributed by atoms with E-state index in [-0.39, 0.29) is 0 Å². The molecule has 3 aromatic rings. The van der Waals surface area contributed by atoms with Gasteiger partial charge < -0.3 is 10.3 Å². The summed E-state index contributed by atoms with van der Waals surface area (Å²) in [5.41, 5.74) is 8.67. The van der Waals surface area contributed by atoms with Gasteiger partial charge in [0.2, 0.25) is 5.95 Å². The third-order valence-electron chi connectivity index (χ3n) is 2.98. The fraction of sp³-hybridized carbons (Fsp3) is 0.0714. The van der Waals surface area contributed by atoms with Gasteiger partial charge in [-0.3, -0.25) is 0 Å². The molecule has 96 valence electrons. The van der Waals surface area contributed by atoms with E-state index in [1.807, 2.05) is 47.0 Å². The molecule has 0 aliphatic carbocycles. The van der Waals surface area contributed by atoms with Crippen molar-refractivity contribution in [3.8, 4) is 0 Å². The van der Waals surface area contributed by atoms with Crippen molar-refractivity contribution in [2.45, 2.75) is 6.54 Å². The molecule has 0 saturated carbocycles. The summed E-state index contributed by atoms with van der Waals surface area (Å²) in [6.07, 6.45) is 0. The van der Waals surface area contributed by atoms with Gasteiger partial charge in [0, 0.05) is 5.02 Å². The van der Waals surface area contributed by atoms with Crippen LogP contribution in [0.5, 0.6) is 0 Å². The fourth-order valence-corrected chi connectivity index (χ4v) is 2.62. The van der Waals surface area contributed by atoms with E-state index in [2.05, 4.69) is 4.98 Å². The Labute approximate surface area is 120 Å². The number of hydrogen-bond acceptors (Lipinski definition) is 2. The molecule has 2 aromatic carbocycles. The number of nitrogens with zero attached hydrogens (tertiary/aromatic N) is 2. The third-order valence-corrected chi connectivity index (χ3v) is 3.52. The highest BCUT2D eigenvalue weighted by atomic mass is 35.5. The van der Waals surface area contributed by atoms with Crippen LogP contribution in [-0.2, 0) is 6.54 Å². The molecule has 0 fully saturated rings. The van der Waals surface area contributed by atoms with Gasteiger partial charge in [0.05, 0.1) is 22.6 Å². The zero-order chi connectivity index (χ0) is 13.4. The maximum absolute atomic E-state index is 6.23. The number of hydrogen-bond donors (Lipinski definition) is 1. The predicted octanol–water partition coefficient (Wildman–Crippen LogP) is 3.97. The normalized spacial score (nSPS) is 11.1. The van der Waals surface area contributed by atoms with Crippen molar-refractivity contribution in [1.29, 1.82) is 0 Å². The van der Waals surface area contributed by atoms with Crippen LogP contribution in [0.25, 0.3) is 11.0 Å². The SMILES string of the molecule is Nc1nc2cccc(Cl)c2n1Cc1cccc(Cl)c1. The first-order chi connectivity index (χ1) is 9.15. The quantitative estimate of drug-likeness (QED) is 0.776. The molecule has 5 heteroatoms. The molecule has 0 atom stereocenters. The molecular weight excluding hydrogens is 281 g/mol. The Bertz CT molecular complexity index is 750. The number of halogens is 2. The van der Waals surface area contributed by atoms with Gasteiger partial charge in [-0.15, -0.1) is 0 Å². The lowest BCUT2D eigenvalue weighted by molar-refractivity contribution is 0.838. The van der Waals surface area contributed by atoms with Crippen molar-refractivity contribution in [3.63, 3.8) is 0 Å². The fourth-order valence-electron chi connectivity index (χ4n) is 2.14. The van der Waals surface area contributed by atoms with Crippen molar-refractivity contribution in [1.82, 2.24) is 9.55 Å². The summed E-state index contributed by atoms with van der Waals surface area (Å²) in [5, 5.41) is 1.34. The first kappa shape index (κ1) is 12.3. The van der Waals surface area contributed by atoms with Gasteiger partial charge in [-0.25, -0.2) is 4.98 Å². The van der Waals surface area contributed by atoms with Gasteiger partial charge >= 0.3 is 0 Å². The summed E-state index contributed by atoms with van der Waals surface area (Å²) in [6.45, 7) is 0.590. The van der Waals surface area contributed by atoms with Crippen LogP contribution in [0.3, 0.4) is 0 Å². The maximum atomic E-state index is 6.23. The van der Waals surface area contributed by atoms with Gasteiger partial charge in [-0.1, -0.05) is 41.4 Å². The van der Waals surface area contributed by atoms with Gasteiger partial charge in [-0.2, -0.15) is 0 Å². The molecule has 0 bridgehead atoms. The van der Waals surface area contributed by atoms with Gasteiger partial charge in [0.25, 0.3) is 0 Å². The second kappa shape index (κ2) is 4.76. The number of imidazole rings is 1. The predicted molar refractivity (Wildman–Crippen MR) is 79.7 cm³/mol. The van der Waals surface area contributed by atoms with Crippen LogP contribution in [0, 0.1) is 0 Å². The number of aromatic nitrogens is 2. The summed E-state index contributed by atoms with van der Waals surface area (Å²) in [5.74, 6) is 0.447. The van der Waals surface area contributed by atoms with Crippen molar-refractivity contribution in [2.24, 2.45) is 0 Å². The van der Waals surface area contributed by atoms with Crippen LogP contribution in [0.4, 0.5) is 5.95 Å². The van der Waals surface area contributed by atoms with Gasteiger partial charge in [-0.05, 0) is 29.8 Å². The van der Waals surface area contributed by atoms with Crippen LogP contribution in [0.15, 0.2) is 42.5 Å². The van der Waals surface area contributed by atoms with Crippen molar-refractivity contribution < 1.29 is 0 Å². The van der Waals surface area contributed by atoms with Gasteiger partial charge in [0.15, 0.2) is 0 Å². The molecule has 0 radical (unpaired) electrons. The van der Waals surface area contributed by atoms with E-state index in [0.29, 0.717) is 22.5 Å². The molecule has 0 spiro atoms. The Morgan fingerprint density at radius 2 is 1.89 bits per heavy atom. The average molecular weight is 292 g/mol. The number of nitrogen functional groups attached to an aromatic ring is 1. The smallest absolute Gasteiger partial charge is 0.201 e. The minimum absolute atomic E-state index is 0.447. The van der Waals surface area contributed by atoms with E-state index in [0.717, 1.165) is 16.6 Å². The molecule has 19 heavy (non-hydrogen) atoms. The zero-order valence-corrected chi connectivity index (χ0v) is 11.5. The minimum atomic E-state index is 0.447. The third kappa shape index (κ3) is 2.27. The summed E-state index contributed by atoms with van der Waals surface area (Å²) in [4.78, 5) is 4.32. The summed E-state index contributed by atoms with van der Waals surface area (Å²) in [6, 6.07) is 13.2. The Morgan fingerprint density at radius 3 is 2.68 bits per heavy atom. The lowest BCUT2D eigenvalue weighted by Gasteiger charge is -2.08. The topological polar surface area (TPSA) is 43.8 Å². The molecule has 0 saturated heterocycles. The minimum Gasteiger partial charge on any atom is -0.369 e. The molecule has 0 aliphatic rings. The van der Waals surface area contributed by atoms with Crippen molar-refractivity contribution in [2.75, 3.05) is 5.73 Å². The van der Waals surface area contributed by atoms with Crippen LogP contribution in [-0.4, -0.2) is 9.55 Å². The van der Waals surface area contributed by atoms with E-state index in [1.165, 1.54) is 0 Å². The average Bonchev–Trinajstić information content (AvgIpc) is 2.67. The number of para-hydroxylation sites is 1. The molecule has 0 aliphatic heterocycles. The molecule has 1 heterocycles. The number of benzene rings is 2. The van der Waals surface area contributed by atoms with E-state index in [4.69, 9.17) is 28.9 Å². The van der Waals surface area contributed by atoms with Crippen LogP contribution in [0.1, 0.15) is 5.56 Å². The Hall–Kier alpha value is -1.71. The summed E-state index contributed by atoms with van der Waals surface area (Å²) in [7, 11) is 0. The standard InChI is InChI=1S/C14H11Cl2N3/c15-10-4-1-3-9(7-10)8-19-13-11(16)5-2-6-12(13)18-14(19)17/h1-7H,8H2,(H2,17,18). The highest BCUT2D eigenvalue weighted by molar-refractivity contribution is 6.35. The lowest BCUT2D eigenvalue weighted by atomic mass is 10.2. The Morgan fingerprint density at radius 1 is 1.11 bits per heavy atom. The number of nitrogens with two attached hydrogens (primary N) is 1. The van der Waals surface area contributed by atoms with E-state index >= 15 is 0 Å². The molecule has 0 amide bonds. The molecular formula is C14H11Cl2N3. The highest BCUT2D eigenvalue weighted by Gasteiger charge is 2.11. The van der Waals surface area contributed by atoms with Crippen LogP contribution < -0.4 is 5.73 Å². The second-order valence-corrected chi connectivity index (χ2v) is 5.14. The molecule has 0 unspecified atom stereocenters. The Kier molecular flexibility index (Phi) is 3.09. The van der Waals surface area contributed by atoms with Crippen LogP contribution in [0.2, 0.25) is 10.0 Å². The summed E-state index contributed by atoms with van der Waals surface area (Å²) >= 11 is 12.2. The first-order valence-corrected chi connectivity index (χ1v) is 6.55. The molecule has 3 nitrogen and oxygen atoms in total. The number of rotatable bonds is 2. The first-order valence-electron chi connectivity index (χ1n) is 5.80. The lowest BCUT2D eigenvalue weighted by Crippen LogP contribution is -2.04. The van der Waals surface area contributed by atoms with E-state index in [9.17, 15) is 0 Å². The van der Waals surface area contributed by atoms with Crippen LogP contribution >= 0.6 is 23.2 Å². The second-order valence-electron chi connectivity index (χ2n) is 4.29. The van der Waals surface area contributed by atoms with Gasteiger partial charge in [0.1, 0.15) is 0 Å². The van der Waals surface area contributed by atoms with E-state index in [1.54, 1.807) is 0 Å². The molecule has 3 rings (SSSR count). The van der Waals surface area contributed by atoms with Crippen molar-refractivity contribution >= 4 is 40.2 Å². The van der Waals surface area contributed by atoms with E-state index < -0.39 is 0 Å². The number of fused-ring (bicyclic) bond motifs is 1. The largest absolute Gasteiger partial charge is 0.369 e. The molecule has 2 N–H and O–H groups in total. The monoisotopic (exact) mass is 291 g/mol.